The van der Waals surface area contributed by atoms with Crippen molar-refractivity contribution in [1.29, 1.82) is 0 Å². The van der Waals surface area contributed by atoms with Gasteiger partial charge in [-0.2, -0.15) is 0 Å². The second-order valence-electron chi connectivity index (χ2n) is 3.72. The molecule has 0 saturated carbocycles. The second-order valence-corrected chi connectivity index (χ2v) is 3.72. The lowest BCUT2D eigenvalue weighted by Crippen LogP contribution is -1.97. The van der Waals surface area contributed by atoms with E-state index in [-0.39, 0.29) is 6.29 Å². The molecule has 0 aliphatic carbocycles. The Morgan fingerprint density at radius 3 is 2.50 bits per heavy atom. The number of hydrogen-bond acceptors (Lipinski definition) is 3. The third-order valence-corrected chi connectivity index (χ3v) is 2.47. The maximum absolute atomic E-state index is 5.42. The monoisotopic (exact) mass is 219 g/mol. The number of ether oxygens (including phenoxy) is 2. The number of benzene rings is 1. The third kappa shape index (κ3) is 2.92. The van der Waals surface area contributed by atoms with Gasteiger partial charge < -0.3 is 15.2 Å². The lowest BCUT2D eigenvalue weighted by atomic mass is 10.1. The highest BCUT2D eigenvalue weighted by Gasteiger charge is 2.17. The molecule has 0 aromatic heterocycles. The number of hydrogen-bond donors (Lipinski definition) is 1. The van der Waals surface area contributed by atoms with Gasteiger partial charge in [-0.15, -0.1) is 0 Å². The highest BCUT2D eigenvalue weighted by molar-refractivity contribution is 5.49. The van der Waals surface area contributed by atoms with Crippen LogP contribution >= 0.6 is 0 Å². The van der Waals surface area contributed by atoms with Crippen molar-refractivity contribution in [3.05, 3.63) is 41.5 Å². The molecule has 3 nitrogen and oxygen atoms in total. The molecule has 16 heavy (non-hydrogen) atoms. The van der Waals surface area contributed by atoms with Crippen LogP contribution < -0.4 is 5.73 Å². The van der Waals surface area contributed by atoms with Crippen LogP contribution in [0.2, 0.25) is 0 Å². The van der Waals surface area contributed by atoms with Crippen LogP contribution in [0.25, 0.3) is 6.08 Å². The van der Waals surface area contributed by atoms with Gasteiger partial charge in [0.05, 0.1) is 13.2 Å². The fraction of sp³-hybridized carbons (Fsp3) is 0.385. The molecular weight excluding hydrogens is 202 g/mol. The van der Waals surface area contributed by atoms with Crippen LogP contribution in [0.1, 0.15) is 23.8 Å². The molecule has 0 spiro atoms. The first kappa shape index (κ1) is 11.3. The van der Waals surface area contributed by atoms with Gasteiger partial charge in [0.15, 0.2) is 6.29 Å². The highest BCUT2D eigenvalue weighted by atomic mass is 16.7. The Morgan fingerprint density at radius 1 is 1.19 bits per heavy atom. The van der Waals surface area contributed by atoms with Gasteiger partial charge in [0, 0.05) is 5.56 Å². The fourth-order valence-electron chi connectivity index (χ4n) is 1.63. The highest BCUT2D eigenvalue weighted by Crippen LogP contribution is 2.23. The minimum absolute atomic E-state index is 0.179. The van der Waals surface area contributed by atoms with Crippen LogP contribution in [0, 0.1) is 0 Å². The van der Waals surface area contributed by atoms with E-state index in [0.717, 1.165) is 12.0 Å². The zero-order chi connectivity index (χ0) is 11.2. The van der Waals surface area contributed by atoms with E-state index in [4.69, 9.17) is 15.2 Å². The van der Waals surface area contributed by atoms with Gasteiger partial charge in [-0.25, -0.2) is 0 Å². The quantitative estimate of drug-likeness (QED) is 0.843. The van der Waals surface area contributed by atoms with E-state index in [2.05, 4.69) is 24.3 Å². The van der Waals surface area contributed by atoms with Crippen LogP contribution in [0.15, 0.2) is 30.3 Å². The van der Waals surface area contributed by atoms with Crippen molar-refractivity contribution >= 4 is 6.08 Å². The summed E-state index contributed by atoms with van der Waals surface area (Å²) in [6, 6.07) is 8.21. The molecule has 0 unspecified atom stereocenters. The van der Waals surface area contributed by atoms with Gasteiger partial charge in [0.1, 0.15) is 0 Å². The van der Waals surface area contributed by atoms with E-state index in [1.807, 2.05) is 12.1 Å². The summed E-state index contributed by atoms with van der Waals surface area (Å²) in [5.74, 6) is 0. The van der Waals surface area contributed by atoms with E-state index in [0.29, 0.717) is 19.8 Å². The molecule has 1 saturated heterocycles. The molecule has 86 valence electrons. The van der Waals surface area contributed by atoms with Crippen LogP contribution in [0.5, 0.6) is 0 Å². The predicted molar refractivity (Wildman–Crippen MR) is 63.8 cm³/mol. The van der Waals surface area contributed by atoms with E-state index in [9.17, 15) is 0 Å². The van der Waals surface area contributed by atoms with E-state index >= 15 is 0 Å². The predicted octanol–water partition coefficient (Wildman–Crippen LogP) is 2.09. The van der Waals surface area contributed by atoms with E-state index in [1.54, 1.807) is 0 Å². The standard InChI is InChI=1S/C13H17NO2/c14-8-2-1-3-11-4-6-12(7-5-11)13-15-9-10-16-13/h1,3-7,13H,2,8-10,14H2. The van der Waals surface area contributed by atoms with Crippen molar-refractivity contribution in [3.8, 4) is 0 Å². The molecule has 0 atom stereocenters. The number of rotatable bonds is 4. The molecule has 3 heteroatoms. The molecule has 0 radical (unpaired) electrons. The summed E-state index contributed by atoms with van der Waals surface area (Å²) in [5, 5.41) is 0. The average Bonchev–Trinajstić information content (AvgIpc) is 2.84. The van der Waals surface area contributed by atoms with Gasteiger partial charge in [-0.3, -0.25) is 0 Å². The van der Waals surface area contributed by atoms with Crippen molar-refractivity contribution in [2.24, 2.45) is 5.73 Å². The van der Waals surface area contributed by atoms with Crippen molar-refractivity contribution in [2.75, 3.05) is 19.8 Å². The lowest BCUT2D eigenvalue weighted by Gasteiger charge is -2.08. The van der Waals surface area contributed by atoms with E-state index in [1.165, 1.54) is 5.56 Å². The molecule has 1 aromatic rings. The van der Waals surface area contributed by atoms with Crippen LogP contribution in [0.3, 0.4) is 0 Å². The fourth-order valence-corrected chi connectivity index (χ4v) is 1.63. The van der Waals surface area contributed by atoms with Crippen LogP contribution in [0.4, 0.5) is 0 Å². The Labute approximate surface area is 95.9 Å². The largest absolute Gasteiger partial charge is 0.346 e. The maximum atomic E-state index is 5.42. The molecular formula is C13H17NO2. The molecule has 1 fully saturated rings. The van der Waals surface area contributed by atoms with Crippen molar-refractivity contribution < 1.29 is 9.47 Å². The van der Waals surface area contributed by atoms with Gasteiger partial charge in [-0.05, 0) is 18.5 Å². The van der Waals surface area contributed by atoms with Gasteiger partial charge in [0.2, 0.25) is 0 Å². The van der Waals surface area contributed by atoms with Crippen molar-refractivity contribution in [2.45, 2.75) is 12.7 Å². The Morgan fingerprint density at radius 2 is 1.88 bits per heavy atom. The summed E-state index contributed by atoms with van der Waals surface area (Å²) in [4.78, 5) is 0. The van der Waals surface area contributed by atoms with Crippen molar-refractivity contribution in [1.82, 2.24) is 0 Å². The molecule has 0 amide bonds. The molecule has 1 aliphatic heterocycles. The first-order valence-electron chi connectivity index (χ1n) is 5.60. The first-order chi connectivity index (χ1) is 7.90. The summed E-state index contributed by atoms with van der Waals surface area (Å²) >= 11 is 0. The van der Waals surface area contributed by atoms with Crippen LogP contribution in [-0.2, 0) is 9.47 Å². The molecule has 0 bridgehead atoms. The van der Waals surface area contributed by atoms with Gasteiger partial charge in [-0.1, -0.05) is 36.4 Å². The summed E-state index contributed by atoms with van der Waals surface area (Å²) in [6.45, 7) is 2.06. The van der Waals surface area contributed by atoms with Gasteiger partial charge >= 0.3 is 0 Å². The molecule has 1 aromatic carbocycles. The molecule has 2 rings (SSSR count). The van der Waals surface area contributed by atoms with Crippen molar-refractivity contribution in [3.63, 3.8) is 0 Å². The Bertz CT molecular complexity index is 339. The average molecular weight is 219 g/mol. The Kier molecular flexibility index (Phi) is 4.10. The lowest BCUT2D eigenvalue weighted by molar-refractivity contribution is -0.0441. The second kappa shape index (κ2) is 5.80. The minimum Gasteiger partial charge on any atom is -0.346 e. The zero-order valence-electron chi connectivity index (χ0n) is 9.26. The molecule has 1 heterocycles. The Balaban J connectivity index is 1.98. The van der Waals surface area contributed by atoms with Crippen LogP contribution in [-0.4, -0.2) is 19.8 Å². The normalized spacial score (nSPS) is 17.3. The minimum atomic E-state index is -0.179. The molecule has 2 N–H and O–H groups in total. The third-order valence-electron chi connectivity index (χ3n) is 2.47. The topological polar surface area (TPSA) is 44.5 Å². The van der Waals surface area contributed by atoms with Gasteiger partial charge in [0.25, 0.3) is 0 Å². The smallest absolute Gasteiger partial charge is 0.184 e. The summed E-state index contributed by atoms with van der Waals surface area (Å²) in [5.41, 5.74) is 7.67. The summed E-state index contributed by atoms with van der Waals surface area (Å²) in [7, 11) is 0. The summed E-state index contributed by atoms with van der Waals surface area (Å²) in [6.07, 6.45) is 4.89. The van der Waals surface area contributed by atoms with E-state index < -0.39 is 0 Å². The number of nitrogens with two attached hydrogens (primary N) is 1. The SMILES string of the molecule is NCCC=Cc1ccc(C2OCCO2)cc1. The first-order valence-corrected chi connectivity index (χ1v) is 5.60. The zero-order valence-corrected chi connectivity index (χ0v) is 9.26. The maximum Gasteiger partial charge on any atom is 0.184 e. The molecule has 1 aliphatic rings. The summed E-state index contributed by atoms with van der Waals surface area (Å²) < 4.78 is 10.8. The Hall–Kier alpha value is -1.16.